The molecule has 0 amide bonds. The standard InChI is InChI=1S/C15H26N4S/c1-18(2)15(19(3)4)16-11-7-10-14-17-12-8-5-6-9-13(12)20-14/h5-11H2,1-4H3. The topological polar surface area (TPSA) is 31.7 Å². The minimum atomic E-state index is 0.871. The molecule has 5 heteroatoms. The predicted molar refractivity (Wildman–Crippen MR) is 86.8 cm³/mol. The van der Waals surface area contributed by atoms with Crippen molar-refractivity contribution in [2.24, 2.45) is 4.99 Å². The van der Waals surface area contributed by atoms with E-state index in [1.165, 1.54) is 41.3 Å². The zero-order chi connectivity index (χ0) is 14.5. The van der Waals surface area contributed by atoms with Crippen molar-refractivity contribution in [1.82, 2.24) is 14.8 Å². The van der Waals surface area contributed by atoms with Gasteiger partial charge in [0.15, 0.2) is 5.96 Å². The summed E-state index contributed by atoms with van der Waals surface area (Å²) in [6.45, 7) is 0.871. The van der Waals surface area contributed by atoms with Gasteiger partial charge in [-0.1, -0.05) is 0 Å². The average molecular weight is 294 g/mol. The zero-order valence-electron chi connectivity index (χ0n) is 13.1. The summed E-state index contributed by atoms with van der Waals surface area (Å²) >= 11 is 1.93. The molecule has 2 rings (SSSR count). The van der Waals surface area contributed by atoms with Crippen LogP contribution in [0.25, 0.3) is 0 Å². The van der Waals surface area contributed by atoms with Crippen molar-refractivity contribution in [3.8, 4) is 0 Å². The highest BCUT2D eigenvalue weighted by Crippen LogP contribution is 2.27. The highest BCUT2D eigenvalue weighted by atomic mass is 32.1. The minimum absolute atomic E-state index is 0.871. The van der Waals surface area contributed by atoms with Gasteiger partial charge in [0.05, 0.1) is 10.7 Å². The molecule has 0 saturated heterocycles. The smallest absolute Gasteiger partial charge is 0.195 e. The second-order valence-corrected chi connectivity index (χ2v) is 6.93. The van der Waals surface area contributed by atoms with Crippen LogP contribution in [0.15, 0.2) is 4.99 Å². The number of rotatable bonds is 4. The molecule has 0 N–H and O–H groups in total. The fraction of sp³-hybridized carbons (Fsp3) is 0.733. The molecule has 0 bridgehead atoms. The predicted octanol–water partition coefficient (Wildman–Crippen LogP) is 2.43. The van der Waals surface area contributed by atoms with Crippen LogP contribution in [0.1, 0.15) is 34.8 Å². The van der Waals surface area contributed by atoms with Crippen molar-refractivity contribution in [1.29, 1.82) is 0 Å². The second kappa shape index (κ2) is 7.07. The van der Waals surface area contributed by atoms with E-state index in [-0.39, 0.29) is 0 Å². The maximum Gasteiger partial charge on any atom is 0.195 e. The third-order valence-electron chi connectivity index (χ3n) is 3.49. The van der Waals surface area contributed by atoms with Gasteiger partial charge in [0, 0.05) is 46.0 Å². The van der Waals surface area contributed by atoms with E-state index in [2.05, 4.69) is 14.8 Å². The van der Waals surface area contributed by atoms with Gasteiger partial charge in [-0.25, -0.2) is 4.98 Å². The summed E-state index contributed by atoms with van der Waals surface area (Å²) in [5.41, 5.74) is 1.38. The number of aliphatic imine (C=N–C) groups is 1. The van der Waals surface area contributed by atoms with Gasteiger partial charge in [-0.2, -0.15) is 0 Å². The first-order valence-electron chi connectivity index (χ1n) is 7.44. The van der Waals surface area contributed by atoms with Gasteiger partial charge in [-0.15, -0.1) is 11.3 Å². The second-order valence-electron chi connectivity index (χ2n) is 5.76. The van der Waals surface area contributed by atoms with Crippen LogP contribution >= 0.6 is 11.3 Å². The van der Waals surface area contributed by atoms with Gasteiger partial charge >= 0.3 is 0 Å². The van der Waals surface area contributed by atoms with Gasteiger partial charge in [-0.05, 0) is 32.1 Å². The van der Waals surface area contributed by atoms with Gasteiger partial charge in [-0.3, -0.25) is 4.99 Å². The lowest BCUT2D eigenvalue weighted by Gasteiger charge is -2.22. The molecule has 0 radical (unpaired) electrons. The average Bonchev–Trinajstić information content (AvgIpc) is 2.80. The Morgan fingerprint density at radius 3 is 2.50 bits per heavy atom. The zero-order valence-corrected chi connectivity index (χ0v) is 14.0. The Hall–Kier alpha value is -1.10. The summed E-state index contributed by atoms with van der Waals surface area (Å²) in [6, 6.07) is 0. The fourth-order valence-electron chi connectivity index (χ4n) is 2.60. The van der Waals surface area contributed by atoms with Gasteiger partial charge in [0.25, 0.3) is 0 Å². The van der Waals surface area contributed by atoms with E-state index in [1.807, 2.05) is 39.5 Å². The largest absolute Gasteiger partial charge is 0.349 e. The van der Waals surface area contributed by atoms with Crippen molar-refractivity contribution >= 4 is 17.3 Å². The summed E-state index contributed by atoms with van der Waals surface area (Å²) in [5.74, 6) is 1.03. The highest BCUT2D eigenvalue weighted by Gasteiger charge is 2.14. The first kappa shape index (κ1) is 15.3. The Labute approximate surface area is 126 Å². The van der Waals surface area contributed by atoms with Gasteiger partial charge < -0.3 is 9.80 Å². The molecular weight excluding hydrogens is 268 g/mol. The van der Waals surface area contributed by atoms with E-state index >= 15 is 0 Å². The summed E-state index contributed by atoms with van der Waals surface area (Å²) in [7, 11) is 8.14. The van der Waals surface area contributed by atoms with Gasteiger partial charge in [0.1, 0.15) is 0 Å². The van der Waals surface area contributed by atoms with E-state index in [9.17, 15) is 0 Å². The van der Waals surface area contributed by atoms with Crippen molar-refractivity contribution in [3.05, 3.63) is 15.6 Å². The molecule has 1 aromatic heterocycles. The van der Waals surface area contributed by atoms with Crippen LogP contribution in [0.5, 0.6) is 0 Å². The van der Waals surface area contributed by atoms with Crippen molar-refractivity contribution in [3.63, 3.8) is 0 Å². The number of aryl methyl sites for hydroxylation is 3. The fourth-order valence-corrected chi connectivity index (χ4v) is 3.80. The van der Waals surface area contributed by atoms with Crippen LogP contribution in [0.3, 0.4) is 0 Å². The lowest BCUT2D eigenvalue weighted by Crippen LogP contribution is -2.35. The van der Waals surface area contributed by atoms with Crippen LogP contribution in [-0.2, 0) is 19.3 Å². The SMILES string of the molecule is CN(C)C(=NCCCc1nc2c(s1)CCCC2)N(C)C. The Morgan fingerprint density at radius 1 is 1.15 bits per heavy atom. The van der Waals surface area contributed by atoms with Crippen molar-refractivity contribution < 1.29 is 0 Å². The molecule has 112 valence electrons. The molecule has 0 spiro atoms. The number of aromatic nitrogens is 1. The molecule has 1 aromatic rings. The molecule has 0 fully saturated rings. The molecule has 0 atom stereocenters. The highest BCUT2D eigenvalue weighted by molar-refractivity contribution is 7.11. The van der Waals surface area contributed by atoms with Crippen molar-refractivity contribution in [2.45, 2.75) is 38.5 Å². The number of fused-ring (bicyclic) bond motifs is 1. The van der Waals surface area contributed by atoms with Gasteiger partial charge in [0.2, 0.25) is 0 Å². The quantitative estimate of drug-likeness (QED) is 0.485. The number of nitrogens with zero attached hydrogens (tertiary/aromatic N) is 4. The monoisotopic (exact) mass is 294 g/mol. The molecule has 20 heavy (non-hydrogen) atoms. The lowest BCUT2D eigenvalue weighted by atomic mass is 10.0. The van der Waals surface area contributed by atoms with E-state index in [1.54, 1.807) is 0 Å². The summed E-state index contributed by atoms with van der Waals surface area (Å²) in [4.78, 5) is 15.1. The van der Waals surface area contributed by atoms with Crippen LogP contribution in [0.2, 0.25) is 0 Å². The lowest BCUT2D eigenvalue weighted by molar-refractivity contribution is 0.479. The van der Waals surface area contributed by atoms with Crippen LogP contribution < -0.4 is 0 Å². The molecule has 1 heterocycles. The molecule has 0 saturated carbocycles. The van der Waals surface area contributed by atoms with E-state index in [0.29, 0.717) is 0 Å². The maximum absolute atomic E-state index is 4.79. The molecular formula is C15H26N4S. The number of hydrogen-bond acceptors (Lipinski definition) is 3. The summed E-state index contributed by atoms with van der Waals surface area (Å²) in [5, 5.41) is 1.31. The molecule has 0 unspecified atom stereocenters. The first-order valence-corrected chi connectivity index (χ1v) is 8.26. The van der Waals surface area contributed by atoms with Crippen molar-refractivity contribution in [2.75, 3.05) is 34.7 Å². The Kier molecular flexibility index (Phi) is 5.40. The number of guanidine groups is 1. The molecule has 0 aliphatic heterocycles. The van der Waals surface area contributed by atoms with Crippen LogP contribution in [-0.4, -0.2) is 55.5 Å². The third-order valence-corrected chi connectivity index (χ3v) is 4.71. The van der Waals surface area contributed by atoms with E-state index < -0.39 is 0 Å². The Bertz CT molecular complexity index is 429. The minimum Gasteiger partial charge on any atom is -0.349 e. The number of thiazole rings is 1. The Morgan fingerprint density at radius 2 is 1.85 bits per heavy atom. The molecule has 1 aliphatic carbocycles. The normalized spacial score (nSPS) is 13.8. The molecule has 4 nitrogen and oxygen atoms in total. The summed E-state index contributed by atoms with van der Waals surface area (Å²) < 4.78 is 0. The Balaban J connectivity index is 1.83. The number of hydrogen-bond donors (Lipinski definition) is 0. The first-order chi connectivity index (χ1) is 9.58. The molecule has 0 aromatic carbocycles. The summed E-state index contributed by atoms with van der Waals surface area (Å²) in [6.07, 6.45) is 7.24. The van der Waals surface area contributed by atoms with E-state index in [4.69, 9.17) is 4.98 Å². The maximum atomic E-state index is 4.79. The van der Waals surface area contributed by atoms with E-state index in [0.717, 1.165) is 25.3 Å². The van der Waals surface area contributed by atoms with Crippen LogP contribution in [0.4, 0.5) is 0 Å². The van der Waals surface area contributed by atoms with Crippen LogP contribution in [0, 0.1) is 0 Å². The third kappa shape index (κ3) is 3.95. The molecule has 1 aliphatic rings.